The average Bonchev–Trinajstić information content (AvgIpc) is 2.60. The molecule has 0 bridgehead atoms. The van der Waals surface area contributed by atoms with Crippen LogP contribution in [-0.2, 0) is 0 Å². The van der Waals surface area contributed by atoms with Gasteiger partial charge in [-0.3, -0.25) is 0 Å². The minimum Gasteiger partial charge on any atom is -0.368 e. The highest BCUT2D eigenvalue weighted by Crippen LogP contribution is 2.26. The molecule has 1 aliphatic rings. The standard InChI is InChI=1S/C12H26O2.C8H18N2/c1-2-3-4-5-6-7-8-9-10-11-12(13)14;9-5-7-1-2-8(6-10)4-3-7/h12-14H,2-11H2,1H3;7-8H,1-6,9-10H2. The Morgan fingerprint density at radius 2 is 1.08 bits per heavy atom. The number of aliphatic hydroxyl groups is 2. The van der Waals surface area contributed by atoms with Crippen molar-refractivity contribution in [1.29, 1.82) is 0 Å². The van der Waals surface area contributed by atoms with E-state index in [0.29, 0.717) is 6.42 Å². The number of nitrogens with two attached hydrogens (primary N) is 2. The van der Waals surface area contributed by atoms with Gasteiger partial charge in [0.15, 0.2) is 6.29 Å². The normalized spacial score (nSPS) is 20.8. The van der Waals surface area contributed by atoms with Crippen molar-refractivity contribution >= 4 is 0 Å². The lowest BCUT2D eigenvalue weighted by atomic mass is 9.82. The summed E-state index contributed by atoms with van der Waals surface area (Å²) in [5.41, 5.74) is 11.1. The monoisotopic (exact) mass is 344 g/mol. The Kier molecular flexibility index (Phi) is 17.5. The lowest BCUT2D eigenvalue weighted by molar-refractivity contribution is -0.0466. The minimum atomic E-state index is -1.10. The molecular weight excluding hydrogens is 300 g/mol. The summed E-state index contributed by atoms with van der Waals surface area (Å²) < 4.78 is 0. The van der Waals surface area contributed by atoms with Gasteiger partial charge in [-0.05, 0) is 63.5 Å². The van der Waals surface area contributed by atoms with E-state index in [1.54, 1.807) is 0 Å². The Bertz CT molecular complexity index is 230. The number of hydrogen-bond donors (Lipinski definition) is 4. The van der Waals surface area contributed by atoms with Gasteiger partial charge in [-0.2, -0.15) is 0 Å². The molecule has 0 heterocycles. The van der Waals surface area contributed by atoms with Crippen molar-refractivity contribution in [3.8, 4) is 0 Å². The number of unbranched alkanes of at least 4 members (excludes halogenated alkanes) is 8. The fourth-order valence-electron chi connectivity index (χ4n) is 3.34. The zero-order chi connectivity index (χ0) is 18.0. The van der Waals surface area contributed by atoms with Crippen LogP contribution in [-0.4, -0.2) is 29.6 Å². The highest BCUT2D eigenvalue weighted by atomic mass is 16.5. The molecule has 1 aliphatic carbocycles. The Labute approximate surface area is 150 Å². The zero-order valence-corrected chi connectivity index (χ0v) is 16.1. The van der Waals surface area contributed by atoms with E-state index in [4.69, 9.17) is 21.7 Å². The number of aliphatic hydroxyl groups excluding tert-OH is 1. The maximum atomic E-state index is 8.61. The maximum absolute atomic E-state index is 8.61. The number of rotatable bonds is 12. The second-order valence-electron chi connectivity index (χ2n) is 7.46. The van der Waals surface area contributed by atoms with Gasteiger partial charge in [-0.25, -0.2) is 0 Å². The summed E-state index contributed by atoms with van der Waals surface area (Å²) in [6, 6.07) is 0. The SMILES string of the molecule is CCCCCCCCCCCC(O)O.NCC1CCC(CN)CC1. The summed E-state index contributed by atoms with van der Waals surface area (Å²) in [5, 5.41) is 17.2. The molecule has 0 unspecified atom stereocenters. The van der Waals surface area contributed by atoms with Crippen molar-refractivity contribution in [2.75, 3.05) is 13.1 Å². The van der Waals surface area contributed by atoms with Gasteiger partial charge in [-0.15, -0.1) is 0 Å². The van der Waals surface area contributed by atoms with Crippen LogP contribution in [0.3, 0.4) is 0 Å². The van der Waals surface area contributed by atoms with Gasteiger partial charge >= 0.3 is 0 Å². The molecule has 0 aromatic rings. The van der Waals surface area contributed by atoms with Gasteiger partial charge in [0.25, 0.3) is 0 Å². The van der Waals surface area contributed by atoms with E-state index in [1.165, 1.54) is 70.6 Å². The van der Waals surface area contributed by atoms with Crippen LogP contribution in [0.4, 0.5) is 0 Å². The van der Waals surface area contributed by atoms with Crippen molar-refractivity contribution in [1.82, 2.24) is 0 Å². The first-order valence-electron chi connectivity index (χ1n) is 10.4. The third kappa shape index (κ3) is 15.4. The molecule has 0 amide bonds. The second-order valence-corrected chi connectivity index (χ2v) is 7.46. The lowest BCUT2D eigenvalue weighted by Gasteiger charge is -2.26. The second kappa shape index (κ2) is 17.7. The van der Waals surface area contributed by atoms with Crippen LogP contribution in [0.25, 0.3) is 0 Å². The first-order chi connectivity index (χ1) is 11.6. The van der Waals surface area contributed by atoms with Gasteiger partial charge < -0.3 is 21.7 Å². The fraction of sp³-hybridized carbons (Fsp3) is 1.00. The van der Waals surface area contributed by atoms with Crippen LogP contribution >= 0.6 is 0 Å². The maximum Gasteiger partial charge on any atom is 0.151 e. The van der Waals surface area contributed by atoms with Crippen LogP contribution in [0.15, 0.2) is 0 Å². The quantitative estimate of drug-likeness (QED) is 0.319. The molecule has 0 aromatic carbocycles. The predicted octanol–water partition coefficient (Wildman–Crippen LogP) is 3.93. The van der Waals surface area contributed by atoms with Crippen LogP contribution in [0.2, 0.25) is 0 Å². The largest absolute Gasteiger partial charge is 0.368 e. The summed E-state index contributed by atoms with van der Waals surface area (Å²) in [5.74, 6) is 1.59. The summed E-state index contributed by atoms with van der Waals surface area (Å²) in [7, 11) is 0. The van der Waals surface area contributed by atoms with E-state index in [-0.39, 0.29) is 0 Å². The summed E-state index contributed by atoms with van der Waals surface area (Å²) in [6.45, 7) is 3.98. The third-order valence-electron chi connectivity index (χ3n) is 5.20. The Morgan fingerprint density at radius 3 is 1.42 bits per heavy atom. The van der Waals surface area contributed by atoms with Crippen molar-refractivity contribution in [3.63, 3.8) is 0 Å². The lowest BCUT2D eigenvalue weighted by Crippen LogP contribution is -2.25. The molecule has 4 heteroatoms. The van der Waals surface area contributed by atoms with Crippen molar-refractivity contribution < 1.29 is 10.2 Å². The first-order valence-corrected chi connectivity index (χ1v) is 10.4. The molecule has 1 rings (SSSR count). The zero-order valence-electron chi connectivity index (χ0n) is 16.1. The Balaban J connectivity index is 0.000000463. The topological polar surface area (TPSA) is 92.5 Å². The van der Waals surface area contributed by atoms with E-state index >= 15 is 0 Å². The average molecular weight is 345 g/mol. The van der Waals surface area contributed by atoms with E-state index in [2.05, 4.69) is 6.92 Å². The van der Waals surface area contributed by atoms with Gasteiger partial charge in [0.1, 0.15) is 0 Å². The van der Waals surface area contributed by atoms with Gasteiger partial charge in [0.05, 0.1) is 0 Å². The molecule has 0 spiro atoms. The summed E-state index contributed by atoms with van der Waals surface area (Å²) in [6.07, 6.45) is 16.1. The molecule has 0 aromatic heterocycles. The molecule has 6 N–H and O–H groups in total. The van der Waals surface area contributed by atoms with E-state index in [9.17, 15) is 0 Å². The van der Waals surface area contributed by atoms with Crippen LogP contribution in [0, 0.1) is 11.8 Å². The third-order valence-corrected chi connectivity index (χ3v) is 5.20. The van der Waals surface area contributed by atoms with E-state index < -0.39 is 6.29 Å². The fourth-order valence-corrected chi connectivity index (χ4v) is 3.34. The highest BCUT2D eigenvalue weighted by Gasteiger charge is 2.18. The van der Waals surface area contributed by atoms with E-state index in [1.807, 2.05) is 0 Å². The molecular formula is C20H44N2O2. The first kappa shape index (κ1) is 23.8. The summed E-state index contributed by atoms with van der Waals surface area (Å²) in [4.78, 5) is 0. The molecule has 146 valence electrons. The van der Waals surface area contributed by atoms with E-state index in [0.717, 1.165) is 37.8 Å². The number of hydrogen-bond acceptors (Lipinski definition) is 4. The smallest absolute Gasteiger partial charge is 0.151 e. The molecule has 1 fully saturated rings. The van der Waals surface area contributed by atoms with Crippen LogP contribution in [0.1, 0.15) is 96.8 Å². The Hall–Kier alpha value is -0.160. The molecule has 0 atom stereocenters. The van der Waals surface area contributed by atoms with Gasteiger partial charge in [0.2, 0.25) is 0 Å². The predicted molar refractivity (Wildman–Crippen MR) is 104 cm³/mol. The molecule has 0 saturated heterocycles. The van der Waals surface area contributed by atoms with Crippen LogP contribution in [0.5, 0.6) is 0 Å². The molecule has 24 heavy (non-hydrogen) atoms. The highest BCUT2D eigenvalue weighted by molar-refractivity contribution is 4.73. The van der Waals surface area contributed by atoms with Gasteiger partial charge in [-0.1, -0.05) is 58.3 Å². The van der Waals surface area contributed by atoms with Crippen molar-refractivity contribution in [2.45, 2.75) is 103 Å². The molecule has 4 nitrogen and oxygen atoms in total. The Morgan fingerprint density at radius 1 is 0.708 bits per heavy atom. The van der Waals surface area contributed by atoms with Crippen molar-refractivity contribution in [2.24, 2.45) is 23.3 Å². The van der Waals surface area contributed by atoms with Crippen LogP contribution < -0.4 is 11.5 Å². The molecule has 1 saturated carbocycles. The van der Waals surface area contributed by atoms with Crippen molar-refractivity contribution in [3.05, 3.63) is 0 Å². The molecule has 0 radical (unpaired) electrons. The minimum absolute atomic E-state index is 0.538. The summed E-state index contributed by atoms with van der Waals surface area (Å²) >= 11 is 0. The molecule has 0 aliphatic heterocycles. The van der Waals surface area contributed by atoms with Gasteiger partial charge in [0, 0.05) is 0 Å².